The fourth-order valence-corrected chi connectivity index (χ4v) is 1.95. The van der Waals surface area contributed by atoms with Gasteiger partial charge in [-0.1, -0.05) is 35.4 Å². The molecule has 0 fully saturated rings. The maximum atomic E-state index is 9.22. The smallest absolute Gasteiger partial charge is 0.101 e. The van der Waals surface area contributed by atoms with Crippen molar-refractivity contribution < 1.29 is 0 Å². The zero-order valence-corrected chi connectivity index (χ0v) is 10.5. The second kappa shape index (κ2) is 5.29. The van der Waals surface area contributed by atoms with Crippen molar-refractivity contribution in [2.75, 3.05) is 0 Å². The molecule has 0 saturated heterocycles. The number of benzene rings is 1. The van der Waals surface area contributed by atoms with Gasteiger partial charge in [-0.15, -0.1) is 0 Å². The molecule has 0 aliphatic rings. The third-order valence-corrected chi connectivity index (χ3v) is 2.62. The maximum absolute atomic E-state index is 9.22. The van der Waals surface area contributed by atoms with Gasteiger partial charge in [-0.2, -0.15) is 5.26 Å². The monoisotopic (exact) mass is 234 g/mol. The van der Waals surface area contributed by atoms with Crippen LogP contribution in [0.5, 0.6) is 0 Å². The van der Waals surface area contributed by atoms with Crippen LogP contribution in [-0.2, 0) is 0 Å². The average Bonchev–Trinajstić information content (AvgIpc) is 2.36. The topological polar surface area (TPSA) is 36.7 Å². The number of nitrogens with zero attached hydrogens (tertiary/aromatic N) is 2. The summed E-state index contributed by atoms with van der Waals surface area (Å²) in [6, 6.07) is 14.0. The maximum Gasteiger partial charge on any atom is 0.101 e. The van der Waals surface area contributed by atoms with Gasteiger partial charge >= 0.3 is 0 Å². The second-order valence-electron chi connectivity index (χ2n) is 4.31. The molecule has 2 heteroatoms. The van der Waals surface area contributed by atoms with Crippen LogP contribution in [0.1, 0.15) is 22.4 Å². The Labute approximate surface area is 107 Å². The van der Waals surface area contributed by atoms with Crippen molar-refractivity contribution in [1.82, 2.24) is 4.98 Å². The van der Waals surface area contributed by atoms with Crippen LogP contribution < -0.4 is 0 Å². The largest absolute Gasteiger partial charge is 0.256 e. The van der Waals surface area contributed by atoms with Crippen molar-refractivity contribution in [3.05, 3.63) is 65.0 Å². The molecule has 88 valence electrons. The molecule has 0 aliphatic carbocycles. The van der Waals surface area contributed by atoms with Gasteiger partial charge in [0, 0.05) is 6.20 Å². The van der Waals surface area contributed by atoms with Crippen molar-refractivity contribution in [2.24, 2.45) is 0 Å². The van der Waals surface area contributed by atoms with E-state index in [2.05, 4.69) is 43.1 Å². The molecule has 0 bridgehead atoms. The molecule has 0 N–H and O–H groups in total. The third kappa shape index (κ3) is 2.83. The van der Waals surface area contributed by atoms with Crippen molar-refractivity contribution in [1.29, 1.82) is 5.26 Å². The van der Waals surface area contributed by atoms with E-state index in [-0.39, 0.29) is 0 Å². The average molecular weight is 234 g/mol. The summed E-state index contributed by atoms with van der Waals surface area (Å²) in [5.41, 5.74) is 4.72. The molecule has 0 saturated carbocycles. The normalized spacial score (nSPS) is 11.1. The summed E-state index contributed by atoms with van der Waals surface area (Å²) < 4.78 is 0. The first-order valence-corrected chi connectivity index (χ1v) is 5.80. The molecule has 0 radical (unpaired) electrons. The van der Waals surface area contributed by atoms with Crippen LogP contribution in [0.4, 0.5) is 0 Å². The molecule has 2 aromatic rings. The predicted molar refractivity (Wildman–Crippen MR) is 73.6 cm³/mol. The molecular formula is C16H14N2. The Morgan fingerprint density at radius 2 is 1.89 bits per heavy atom. The Kier molecular flexibility index (Phi) is 3.54. The van der Waals surface area contributed by atoms with E-state index >= 15 is 0 Å². The summed E-state index contributed by atoms with van der Waals surface area (Å²) in [4.78, 5) is 4.20. The van der Waals surface area contributed by atoms with Crippen LogP contribution in [0.2, 0.25) is 0 Å². The first-order valence-electron chi connectivity index (χ1n) is 5.80. The lowest BCUT2D eigenvalue weighted by Gasteiger charge is -2.02. The SMILES string of the molecule is Cc1cc(C)cc(/C=C(/C#N)c2ccccn2)c1. The fraction of sp³-hybridized carbons (Fsp3) is 0.125. The molecule has 0 amide bonds. The van der Waals surface area contributed by atoms with Crippen LogP contribution in [-0.4, -0.2) is 4.98 Å². The van der Waals surface area contributed by atoms with Gasteiger partial charge in [0.25, 0.3) is 0 Å². The highest BCUT2D eigenvalue weighted by Gasteiger charge is 2.02. The minimum atomic E-state index is 0.584. The summed E-state index contributed by atoms with van der Waals surface area (Å²) in [7, 11) is 0. The van der Waals surface area contributed by atoms with Gasteiger partial charge in [0.15, 0.2) is 0 Å². The predicted octanol–water partition coefficient (Wildman–Crippen LogP) is 3.76. The molecule has 2 nitrogen and oxygen atoms in total. The highest BCUT2D eigenvalue weighted by molar-refractivity contribution is 5.88. The van der Waals surface area contributed by atoms with Gasteiger partial charge in [0.1, 0.15) is 6.07 Å². The Balaban J connectivity index is 2.45. The summed E-state index contributed by atoms with van der Waals surface area (Å²) in [6.45, 7) is 4.11. The number of aromatic nitrogens is 1. The summed E-state index contributed by atoms with van der Waals surface area (Å²) >= 11 is 0. The van der Waals surface area contributed by atoms with Gasteiger partial charge in [-0.05, 0) is 37.6 Å². The van der Waals surface area contributed by atoms with Crippen molar-refractivity contribution in [2.45, 2.75) is 13.8 Å². The van der Waals surface area contributed by atoms with E-state index in [0.717, 1.165) is 5.56 Å². The van der Waals surface area contributed by atoms with Crippen LogP contribution in [0.15, 0.2) is 42.6 Å². The van der Waals surface area contributed by atoms with Gasteiger partial charge in [0.05, 0.1) is 11.3 Å². The standard InChI is InChI=1S/C16H14N2/c1-12-7-13(2)9-14(8-12)10-15(11-17)16-5-3-4-6-18-16/h3-10H,1-2H3/b15-10-. The van der Waals surface area contributed by atoms with Crippen molar-refractivity contribution in [3.63, 3.8) is 0 Å². The number of allylic oxidation sites excluding steroid dienone is 1. The van der Waals surface area contributed by atoms with Crippen LogP contribution in [0.25, 0.3) is 11.6 Å². The van der Waals surface area contributed by atoms with E-state index in [0.29, 0.717) is 11.3 Å². The highest BCUT2D eigenvalue weighted by atomic mass is 14.7. The van der Waals surface area contributed by atoms with E-state index in [1.54, 1.807) is 6.20 Å². The Morgan fingerprint density at radius 3 is 2.44 bits per heavy atom. The molecule has 1 aromatic heterocycles. The van der Waals surface area contributed by atoms with Crippen LogP contribution >= 0.6 is 0 Å². The zero-order chi connectivity index (χ0) is 13.0. The Hall–Kier alpha value is -2.40. The van der Waals surface area contributed by atoms with E-state index in [9.17, 15) is 5.26 Å². The van der Waals surface area contributed by atoms with Gasteiger partial charge in [-0.3, -0.25) is 4.98 Å². The lowest BCUT2D eigenvalue weighted by molar-refractivity contribution is 1.28. The molecule has 0 spiro atoms. The van der Waals surface area contributed by atoms with Gasteiger partial charge < -0.3 is 0 Å². The molecule has 1 aromatic carbocycles. The number of aryl methyl sites for hydroxylation is 2. The van der Waals surface area contributed by atoms with Crippen LogP contribution in [0, 0.1) is 25.2 Å². The molecular weight excluding hydrogens is 220 g/mol. The first-order chi connectivity index (χ1) is 8.69. The molecule has 0 atom stereocenters. The van der Waals surface area contributed by atoms with Gasteiger partial charge in [-0.25, -0.2) is 0 Å². The van der Waals surface area contributed by atoms with E-state index in [4.69, 9.17) is 0 Å². The minimum absolute atomic E-state index is 0.584. The minimum Gasteiger partial charge on any atom is -0.256 e. The summed E-state index contributed by atoms with van der Waals surface area (Å²) in [5, 5.41) is 9.22. The second-order valence-corrected chi connectivity index (χ2v) is 4.31. The number of pyridine rings is 1. The quantitative estimate of drug-likeness (QED) is 0.742. The fourth-order valence-electron chi connectivity index (χ4n) is 1.95. The highest BCUT2D eigenvalue weighted by Crippen LogP contribution is 2.17. The zero-order valence-electron chi connectivity index (χ0n) is 10.5. The lowest BCUT2D eigenvalue weighted by Crippen LogP contribution is -1.87. The van der Waals surface area contributed by atoms with Crippen molar-refractivity contribution >= 4 is 11.6 Å². The summed E-state index contributed by atoms with van der Waals surface area (Å²) in [6.07, 6.45) is 3.57. The van der Waals surface area contributed by atoms with E-state index in [1.165, 1.54) is 11.1 Å². The van der Waals surface area contributed by atoms with E-state index in [1.807, 2.05) is 24.3 Å². The molecule has 1 heterocycles. The third-order valence-electron chi connectivity index (χ3n) is 2.62. The van der Waals surface area contributed by atoms with E-state index < -0.39 is 0 Å². The number of nitriles is 1. The van der Waals surface area contributed by atoms with Gasteiger partial charge in [0.2, 0.25) is 0 Å². The molecule has 0 unspecified atom stereocenters. The Morgan fingerprint density at radius 1 is 1.17 bits per heavy atom. The lowest BCUT2D eigenvalue weighted by atomic mass is 10.0. The summed E-state index contributed by atoms with van der Waals surface area (Å²) in [5.74, 6) is 0. The molecule has 2 rings (SSSR count). The van der Waals surface area contributed by atoms with Crippen molar-refractivity contribution in [3.8, 4) is 6.07 Å². The molecule has 18 heavy (non-hydrogen) atoms. The number of hydrogen-bond acceptors (Lipinski definition) is 2. The van der Waals surface area contributed by atoms with Crippen LogP contribution in [0.3, 0.4) is 0 Å². The molecule has 0 aliphatic heterocycles. The number of hydrogen-bond donors (Lipinski definition) is 0. The number of rotatable bonds is 2. The first kappa shape index (κ1) is 12.1. The Bertz CT molecular complexity index is 599.